The molecule has 8 nitrogen and oxygen atoms in total. The predicted octanol–water partition coefficient (Wildman–Crippen LogP) is 1.69. The van der Waals surface area contributed by atoms with Crippen molar-refractivity contribution < 1.29 is 14.3 Å². The predicted molar refractivity (Wildman–Crippen MR) is 99.9 cm³/mol. The van der Waals surface area contributed by atoms with Crippen LogP contribution in [0.1, 0.15) is 18.5 Å². The van der Waals surface area contributed by atoms with Gasteiger partial charge in [0.25, 0.3) is 5.56 Å². The maximum Gasteiger partial charge on any atom is 0.278 e. The van der Waals surface area contributed by atoms with Crippen molar-refractivity contribution >= 4 is 16.8 Å². The first-order chi connectivity index (χ1) is 13.0. The molecule has 0 aliphatic heterocycles. The minimum Gasteiger partial charge on any atom is -0.497 e. The fourth-order valence-electron chi connectivity index (χ4n) is 2.80. The average Bonchev–Trinajstić information content (AvgIpc) is 2.69. The van der Waals surface area contributed by atoms with Gasteiger partial charge in [-0.2, -0.15) is 0 Å². The van der Waals surface area contributed by atoms with Crippen molar-refractivity contribution in [2.45, 2.75) is 19.5 Å². The highest BCUT2D eigenvalue weighted by atomic mass is 16.5. The normalized spacial score (nSPS) is 11.8. The van der Waals surface area contributed by atoms with Gasteiger partial charge >= 0.3 is 0 Å². The van der Waals surface area contributed by atoms with Crippen LogP contribution in [0.2, 0.25) is 0 Å². The van der Waals surface area contributed by atoms with Crippen molar-refractivity contribution in [2.24, 2.45) is 0 Å². The summed E-state index contributed by atoms with van der Waals surface area (Å²) in [6, 6.07) is 11.9. The van der Waals surface area contributed by atoms with Crippen LogP contribution >= 0.6 is 0 Å². The Labute approximate surface area is 155 Å². The molecule has 2 aromatic carbocycles. The third-order valence-electron chi connectivity index (χ3n) is 4.21. The minimum absolute atomic E-state index is 0.223. The van der Waals surface area contributed by atoms with Gasteiger partial charge in [0.1, 0.15) is 23.6 Å². The summed E-state index contributed by atoms with van der Waals surface area (Å²) in [7, 11) is 3.12. The van der Waals surface area contributed by atoms with Crippen LogP contribution in [0.3, 0.4) is 0 Å². The molecule has 8 heteroatoms. The highest BCUT2D eigenvalue weighted by molar-refractivity contribution is 5.78. The fraction of sp³-hybridized carbons (Fsp3) is 0.263. The number of nitrogens with one attached hydrogen (secondary N) is 1. The van der Waals surface area contributed by atoms with Gasteiger partial charge in [0.2, 0.25) is 5.91 Å². The minimum atomic E-state index is -0.356. The molecule has 3 rings (SSSR count). The van der Waals surface area contributed by atoms with Crippen molar-refractivity contribution in [3.63, 3.8) is 0 Å². The first-order valence-electron chi connectivity index (χ1n) is 8.37. The number of hydrogen-bond donors (Lipinski definition) is 1. The molecule has 0 aliphatic rings. The highest BCUT2D eigenvalue weighted by Gasteiger charge is 2.16. The van der Waals surface area contributed by atoms with E-state index >= 15 is 0 Å². The molecule has 0 unspecified atom stereocenters. The molecule has 0 saturated carbocycles. The van der Waals surface area contributed by atoms with Crippen LogP contribution in [0.4, 0.5) is 0 Å². The maximum absolute atomic E-state index is 12.4. The Bertz CT molecular complexity index is 1030. The lowest BCUT2D eigenvalue weighted by molar-refractivity contribution is -0.122. The Kier molecular flexibility index (Phi) is 5.35. The Morgan fingerprint density at radius 3 is 2.70 bits per heavy atom. The summed E-state index contributed by atoms with van der Waals surface area (Å²) in [6.07, 6.45) is 0. The Morgan fingerprint density at radius 1 is 1.19 bits per heavy atom. The zero-order valence-corrected chi connectivity index (χ0v) is 15.3. The fourth-order valence-corrected chi connectivity index (χ4v) is 2.80. The average molecular weight is 368 g/mol. The molecule has 1 atom stereocenters. The zero-order chi connectivity index (χ0) is 19.4. The van der Waals surface area contributed by atoms with Crippen LogP contribution in [-0.2, 0) is 11.3 Å². The van der Waals surface area contributed by atoms with Gasteiger partial charge in [-0.1, -0.05) is 17.3 Å². The smallest absolute Gasteiger partial charge is 0.278 e. The van der Waals surface area contributed by atoms with Crippen molar-refractivity contribution in [1.29, 1.82) is 0 Å². The molecule has 27 heavy (non-hydrogen) atoms. The monoisotopic (exact) mass is 368 g/mol. The lowest BCUT2D eigenvalue weighted by Crippen LogP contribution is -2.35. The number of aromatic nitrogens is 3. The van der Waals surface area contributed by atoms with E-state index in [1.807, 2.05) is 13.0 Å². The summed E-state index contributed by atoms with van der Waals surface area (Å²) in [5, 5.41) is 11.1. The van der Waals surface area contributed by atoms with E-state index in [1.165, 1.54) is 0 Å². The van der Waals surface area contributed by atoms with Crippen molar-refractivity contribution in [2.75, 3.05) is 14.2 Å². The van der Waals surface area contributed by atoms with Crippen molar-refractivity contribution in [1.82, 2.24) is 20.3 Å². The summed E-state index contributed by atoms with van der Waals surface area (Å²) >= 11 is 0. The zero-order valence-electron chi connectivity index (χ0n) is 15.3. The second-order valence-corrected chi connectivity index (χ2v) is 5.97. The largest absolute Gasteiger partial charge is 0.497 e. The van der Waals surface area contributed by atoms with Gasteiger partial charge in [-0.25, -0.2) is 4.68 Å². The summed E-state index contributed by atoms with van der Waals surface area (Å²) in [5.74, 6) is 0.906. The third kappa shape index (κ3) is 3.89. The van der Waals surface area contributed by atoms with Crippen LogP contribution in [0.25, 0.3) is 10.9 Å². The highest BCUT2D eigenvalue weighted by Crippen LogP contribution is 2.29. The molecule has 0 fully saturated rings. The van der Waals surface area contributed by atoms with Crippen LogP contribution in [0, 0.1) is 0 Å². The summed E-state index contributed by atoms with van der Waals surface area (Å²) in [5.41, 5.74) is 0.935. The standard InChI is InChI=1S/C19H20N4O4/c1-12(14-9-8-13(26-2)10-17(14)27-3)20-18(24)11-23-19(25)15-6-4-5-7-16(15)21-22-23/h4-10,12H,11H2,1-3H3,(H,20,24)/t12-/m0/s1. The van der Waals surface area contributed by atoms with Gasteiger partial charge in [-0.05, 0) is 31.2 Å². The van der Waals surface area contributed by atoms with Crippen LogP contribution < -0.4 is 20.3 Å². The van der Waals surface area contributed by atoms with Gasteiger partial charge in [0.15, 0.2) is 0 Å². The number of amides is 1. The Hall–Kier alpha value is -3.42. The van der Waals surface area contributed by atoms with E-state index in [1.54, 1.807) is 50.6 Å². The topological polar surface area (TPSA) is 95.3 Å². The van der Waals surface area contributed by atoms with Crippen LogP contribution in [0.15, 0.2) is 47.3 Å². The van der Waals surface area contributed by atoms with Crippen LogP contribution in [0.5, 0.6) is 11.5 Å². The number of hydrogen-bond acceptors (Lipinski definition) is 6. The molecule has 1 N–H and O–H groups in total. The number of ether oxygens (including phenoxy) is 2. The molecule has 140 valence electrons. The molecular formula is C19H20N4O4. The van der Waals surface area contributed by atoms with Gasteiger partial charge in [-0.15, -0.1) is 5.10 Å². The lowest BCUT2D eigenvalue weighted by Gasteiger charge is -2.18. The van der Waals surface area contributed by atoms with Gasteiger partial charge in [-0.3, -0.25) is 9.59 Å². The number of carbonyl (C=O) groups is 1. The molecule has 1 aromatic heterocycles. The van der Waals surface area contributed by atoms with E-state index in [0.717, 1.165) is 10.2 Å². The van der Waals surface area contributed by atoms with Gasteiger partial charge < -0.3 is 14.8 Å². The molecule has 0 bridgehead atoms. The summed E-state index contributed by atoms with van der Waals surface area (Å²) < 4.78 is 11.6. The van der Waals surface area contributed by atoms with E-state index in [0.29, 0.717) is 22.4 Å². The van der Waals surface area contributed by atoms with E-state index < -0.39 is 0 Å². The van der Waals surface area contributed by atoms with E-state index in [9.17, 15) is 9.59 Å². The van der Waals surface area contributed by atoms with Crippen molar-refractivity contribution in [3.05, 3.63) is 58.4 Å². The number of nitrogens with zero attached hydrogens (tertiary/aromatic N) is 3. The second kappa shape index (κ2) is 7.86. The SMILES string of the molecule is COc1ccc([C@H](C)NC(=O)Cn2nnc3ccccc3c2=O)c(OC)c1. The Balaban J connectivity index is 1.76. The number of methoxy groups -OCH3 is 2. The molecule has 0 saturated heterocycles. The second-order valence-electron chi connectivity index (χ2n) is 5.97. The quantitative estimate of drug-likeness (QED) is 0.711. The first-order valence-corrected chi connectivity index (χ1v) is 8.37. The molecular weight excluding hydrogens is 348 g/mol. The van der Waals surface area contributed by atoms with Gasteiger partial charge in [0.05, 0.1) is 25.6 Å². The molecule has 1 heterocycles. The summed E-state index contributed by atoms with van der Waals surface area (Å²) in [6.45, 7) is 1.61. The lowest BCUT2D eigenvalue weighted by atomic mass is 10.1. The van der Waals surface area contributed by atoms with E-state index in [2.05, 4.69) is 15.6 Å². The maximum atomic E-state index is 12.4. The molecule has 1 amide bonds. The number of fused-ring (bicyclic) bond motifs is 1. The molecule has 0 radical (unpaired) electrons. The van der Waals surface area contributed by atoms with E-state index in [4.69, 9.17) is 9.47 Å². The number of carbonyl (C=O) groups excluding carboxylic acids is 1. The summed E-state index contributed by atoms with van der Waals surface area (Å²) in [4.78, 5) is 24.8. The Morgan fingerprint density at radius 2 is 1.96 bits per heavy atom. The molecule has 0 aliphatic carbocycles. The first kappa shape index (κ1) is 18.4. The van der Waals surface area contributed by atoms with Gasteiger partial charge in [0, 0.05) is 11.6 Å². The third-order valence-corrected chi connectivity index (χ3v) is 4.21. The van der Waals surface area contributed by atoms with Crippen LogP contribution in [-0.4, -0.2) is 35.1 Å². The molecule has 0 spiro atoms. The van der Waals surface area contributed by atoms with E-state index in [-0.39, 0.29) is 24.1 Å². The molecule has 3 aromatic rings. The number of benzene rings is 2. The van der Waals surface area contributed by atoms with Crippen molar-refractivity contribution in [3.8, 4) is 11.5 Å². The number of rotatable bonds is 6.